The molecule has 2 rings (SSSR count). The summed E-state index contributed by atoms with van der Waals surface area (Å²) < 4.78 is 6.14. The van der Waals surface area contributed by atoms with Crippen LogP contribution >= 0.6 is 23.1 Å². The Labute approximate surface area is 134 Å². The maximum absolute atomic E-state index is 12.5. The lowest BCUT2D eigenvalue weighted by molar-refractivity contribution is 0.0530. The van der Waals surface area contributed by atoms with E-state index >= 15 is 0 Å². The van der Waals surface area contributed by atoms with Gasteiger partial charge in [-0.15, -0.1) is 23.1 Å². The predicted molar refractivity (Wildman–Crippen MR) is 87.7 cm³/mol. The van der Waals surface area contributed by atoms with Gasteiger partial charge < -0.3 is 4.74 Å². The van der Waals surface area contributed by atoms with E-state index in [1.54, 1.807) is 18.7 Å². The van der Waals surface area contributed by atoms with Gasteiger partial charge in [-0.2, -0.15) is 0 Å². The van der Waals surface area contributed by atoms with Crippen molar-refractivity contribution in [1.82, 2.24) is 0 Å². The largest absolute Gasteiger partial charge is 0.462 e. The third kappa shape index (κ3) is 3.51. The minimum atomic E-state index is -0.292. The molecule has 0 radical (unpaired) electrons. The monoisotopic (exact) mass is 326 g/mol. The summed E-state index contributed by atoms with van der Waals surface area (Å²) in [5.41, 5.74) is 1.59. The number of ketones is 1. The maximum atomic E-state index is 12.5. The zero-order chi connectivity index (χ0) is 15.8. The molecule has 0 unspecified atom stereocenters. The Morgan fingerprint density at radius 1 is 1.38 bits per heavy atom. The minimum Gasteiger partial charge on any atom is -0.462 e. The fraction of sp³-hybridized carbons (Fsp3) is 0.625. The summed E-state index contributed by atoms with van der Waals surface area (Å²) >= 11 is 3.09. The molecule has 0 spiro atoms. The van der Waals surface area contributed by atoms with Crippen LogP contribution in [0.2, 0.25) is 0 Å². The zero-order valence-corrected chi connectivity index (χ0v) is 14.9. The first kappa shape index (κ1) is 16.6. The van der Waals surface area contributed by atoms with Gasteiger partial charge in [0.05, 0.1) is 10.8 Å². The van der Waals surface area contributed by atoms with Crippen molar-refractivity contribution in [3.8, 4) is 0 Å². The second kappa shape index (κ2) is 6.13. The van der Waals surface area contributed by atoms with Gasteiger partial charge in [0.1, 0.15) is 4.88 Å². The van der Waals surface area contributed by atoms with E-state index in [2.05, 4.69) is 27.7 Å². The second-order valence-electron chi connectivity index (χ2n) is 6.40. The molecule has 0 amide bonds. The average molecular weight is 326 g/mol. The van der Waals surface area contributed by atoms with Gasteiger partial charge in [0, 0.05) is 17.2 Å². The number of esters is 1. The molecule has 0 fully saturated rings. The van der Waals surface area contributed by atoms with Crippen molar-refractivity contribution in [2.45, 2.75) is 56.9 Å². The Hall–Kier alpha value is -0.810. The van der Waals surface area contributed by atoms with Crippen LogP contribution in [0.25, 0.3) is 0 Å². The van der Waals surface area contributed by atoms with Crippen molar-refractivity contribution in [3.63, 3.8) is 0 Å². The summed E-state index contributed by atoms with van der Waals surface area (Å²) in [6.45, 7) is 10.5. The van der Waals surface area contributed by atoms with Crippen molar-refractivity contribution in [2.75, 3.05) is 6.61 Å². The molecule has 0 aromatic carbocycles. The highest BCUT2D eigenvalue weighted by atomic mass is 32.2. The Bertz CT molecular complexity index is 570. The molecule has 1 aromatic rings. The molecule has 116 valence electrons. The lowest BCUT2D eigenvalue weighted by atomic mass is 9.74. The van der Waals surface area contributed by atoms with Gasteiger partial charge in [0.25, 0.3) is 0 Å². The van der Waals surface area contributed by atoms with Gasteiger partial charge in [0.2, 0.25) is 0 Å². The van der Waals surface area contributed by atoms with Crippen LogP contribution in [0.3, 0.4) is 0 Å². The molecule has 1 aliphatic carbocycles. The fourth-order valence-electron chi connectivity index (χ4n) is 2.62. The summed E-state index contributed by atoms with van der Waals surface area (Å²) in [5, 5.41) is 0.380. The Morgan fingerprint density at radius 2 is 2.05 bits per heavy atom. The quantitative estimate of drug-likeness (QED) is 0.600. The van der Waals surface area contributed by atoms with Crippen LogP contribution in [0.4, 0.5) is 0 Å². The number of carbonyl (C=O) groups excluding carboxylic acids is 2. The fourth-order valence-corrected chi connectivity index (χ4v) is 5.38. The van der Waals surface area contributed by atoms with Gasteiger partial charge in [0.15, 0.2) is 5.78 Å². The summed E-state index contributed by atoms with van der Waals surface area (Å²) in [6.07, 6.45) is 1.31. The van der Waals surface area contributed by atoms with Crippen LogP contribution in [-0.4, -0.2) is 23.6 Å². The number of hydrogen-bond acceptors (Lipinski definition) is 5. The number of thiophene rings is 1. The van der Waals surface area contributed by atoms with Crippen molar-refractivity contribution in [1.29, 1.82) is 0 Å². The van der Waals surface area contributed by atoms with Crippen LogP contribution < -0.4 is 0 Å². The highest BCUT2D eigenvalue weighted by molar-refractivity contribution is 8.01. The van der Waals surface area contributed by atoms with E-state index in [0.29, 0.717) is 23.2 Å². The molecular weight excluding hydrogens is 304 g/mol. The topological polar surface area (TPSA) is 43.4 Å². The lowest BCUT2D eigenvalue weighted by Crippen LogP contribution is -2.27. The maximum Gasteiger partial charge on any atom is 0.348 e. The van der Waals surface area contributed by atoms with E-state index in [0.717, 1.165) is 21.8 Å². The molecule has 1 aromatic heterocycles. The molecule has 0 saturated heterocycles. The predicted octanol–water partition coefficient (Wildman–Crippen LogP) is 4.58. The molecule has 1 aliphatic rings. The third-order valence-corrected chi connectivity index (χ3v) is 5.79. The summed E-state index contributed by atoms with van der Waals surface area (Å²) in [7, 11) is 0. The number of fused-ring (bicyclic) bond motifs is 1. The molecule has 0 N–H and O–H groups in total. The van der Waals surface area contributed by atoms with E-state index in [4.69, 9.17) is 4.74 Å². The van der Waals surface area contributed by atoms with E-state index in [-0.39, 0.29) is 17.2 Å². The molecule has 21 heavy (non-hydrogen) atoms. The number of Topliss-reactive ketones (excluding diaryl/α,β-unsaturated/α-hetero) is 1. The van der Waals surface area contributed by atoms with Crippen LogP contribution in [0, 0.1) is 5.41 Å². The van der Waals surface area contributed by atoms with Crippen molar-refractivity contribution in [3.05, 3.63) is 16.0 Å². The summed E-state index contributed by atoms with van der Waals surface area (Å²) in [6, 6.07) is 0. The number of thioether (sulfide) groups is 1. The smallest absolute Gasteiger partial charge is 0.348 e. The Morgan fingerprint density at radius 3 is 2.62 bits per heavy atom. The van der Waals surface area contributed by atoms with Gasteiger partial charge in [-0.1, -0.05) is 27.7 Å². The van der Waals surface area contributed by atoms with E-state index in [9.17, 15) is 9.59 Å². The summed E-state index contributed by atoms with van der Waals surface area (Å²) in [4.78, 5) is 25.4. The molecule has 1 heterocycles. The number of carbonyl (C=O) groups is 2. The minimum absolute atomic E-state index is 0.0911. The Balaban J connectivity index is 2.53. The van der Waals surface area contributed by atoms with Crippen molar-refractivity contribution in [2.24, 2.45) is 5.41 Å². The third-order valence-electron chi connectivity index (χ3n) is 3.35. The van der Waals surface area contributed by atoms with Crippen molar-refractivity contribution >= 4 is 34.9 Å². The normalized spacial score (nSPS) is 17.0. The van der Waals surface area contributed by atoms with Crippen LogP contribution in [0.1, 0.15) is 66.6 Å². The van der Waals surface area contributed by atoms with Crippen LogP contribution in [0.15, 0.2) is 4.21 Å². The Kier molecular flexibility index (Phi) is 4.83. The van der Waals surface area contributed by atoms with Gasteiger partial charge in [-0.05, 0) is 24.3 Å². The van der Waals surface area contributed by atoms with Crippen LogP contribution in [0.5, 0.6) is 0 Å². The van der Waals surface area contributed by atoms with E-state index in [1.165, 1.54) is 11.3 Å². The molecule has 3 nitrogen and oxygen atoms in total. The molecule has 0 saturated carbocycles. The first-order valence-corrected chi connectivity index (χ1v) is 8.97. The molecule has 0 bridgehead atoms. The molecule has 0 atom stereocenters. The van der Waals surface area contributed by atoms with E-state index in [1.807, 2.05) is 0 Å². The standard InChI is InChI=1S/C16H22O3S2/c1-6-19-14(18)13-10-7-16(4,5)8-11(17)12(10)15(21-13)20-9(2)3/h9H,6-8H2,1-5H3. The van der Waals surface area contributed by atoms with Crippen molar-refractivity contribution < 1.29 is 14.3 Å². The average Bonchev–Trinajstić information content (AvgIpc) is 2.65. The van der Waals surface area contributed by atoms with Gasteiger partial charge >= 0.3 is 5.97 Å². The molecular formula is C16H22O3S2. The van der Waals surface area contributed by atoms with Gasteiger partial charge in [-0.3, -0.25) is 4.79 Å². The lowest BCUT2D eigenvalue weighted by Gasteiger charge is -2.29. The highest BCUT2D eigenvalue weighted by Crippen LogP contribution is 2.46. The first-order chi connectivity index (χ1) is 9.75. The first-order valence-electron chi connectivity index (χ1n) is 7.28. The zero-order valence-electron chi connectivity index (χ0n) is 13.2. The SMILES string of the molecule is CCOC(=O)c1sc(SC(C)C)c2c1CC(C)(C)CC2=O. The molecule has 0 aliphatic heterocycles. The second-order valence-corrected chi connectivity index (χ2v) is 9.27. The number of ether oxygens (including phenoxy) is 1. The molecule has 5 heteroatoms. The van der Waals surface area contributed by atoms with Gasteiger partial charge in [-0.25, -0.2) is 4.79 Å². The summed E-state index contributed by atoms with van der Waals surface area (Å²) in [5.74, 6) is -0.129. The van der Waals surface area contributed by atoms with Crippen LogP contribution in [-0.2, 0) is 11.2 Å². The highest BCUT2D eigenvalue weighted by Gasteiger charge is 2.38. The number of hydrogen-bond donors (Lipinski definition) is 0. The number of rotatable bonds is 4. The van der Waals surface area contributed by atoms with E-state index < -0.39 is 0 Å².